The minimum absolute atomic E-state index is 0.0457. The van der Waals surface area contributed by atoms with Crippen LogP contribution in [0.4, 0.5) is 5.69 Å². The smallest absolute Gasteiger partial charge is 0.245 e. The number of nitrogens with two attached hydrogens (primary N) is 1. The second-order valence-corrected chi connectivity index (χ2v) is 7.50. The molecular weight excluding hydrogens is 358 g/mol. The van der Waals surface area contributed by atoms with Gasteiger partial charge >= 0.3 is 0 Å². The lowest BCUT2D eigenvalue weighted by atomic mass is 9.48. The number of anilines is 1. The third-order valence-electron chi connectivity index (χ3n) is 4.88. The molecule has 2 fully saturated rings. The number of rotatable bonds is 2. The predicted molar refractivity (Wildman–Crippen MR) is 84.1 cm³/mol. The van der Waals surface area contributed by atoms with Crippen molar-refractivity contribution in [3.8, 4) is 0 Å². The molecule has 2 heterocycles. The first-order valence-corrected chi connectivity index (χ1v) is 7.98. The molecule has 1 aliphatic heterocycles. The number of fused-ring (bicyclic) bond motifs is 1. The van der Waals surface area contributed by atoms with Crippen LogP contribution in [0.2, 0.25) is 5.15 Å². The molecule has 114 valence electrons. The Morgan fingerprint density at radius 1 is 1.62 bits per heavy atom. The van der Waals surface area contributed by atoms with Gasteiger partial charge < -0.3 is 15.8 Å². The molecule has 3 unspecified atom stereocenters. The topological polar surface area (TPSA) is 77.2 Å². The van der Waals surface area contributed by atoms with Crippen LogP contribution in [0.25, 0.3) is 0 Å². The van der Waals surface area contributed by atoms with Crippen molar-refractivity contribution in [2.45, 2.75) is 31.9 Å². The molecule has 0 spiro atoms. The van der Waals surface area contributed by atoms with Gasteiger partial charge in [-0.1, -0.05) is 25.4 Å². The minimum atomic E-state index is -0.959. The molecule has 0 aromatic carbocycles. The van der Waals surface area contributed by atoms with Crippen LogP contribution >= 0.6 is 27.5 Å². The Kier molecular flexibility index (Phi) is 3.56. The SMILES string of the molecule is CC1(C)C2OCCC2C1(N)C(=O)Nc1cc(Br)cnc1Cl. The molecule has 1 aromatic heterocycles. The van der Waals surface area contributed by atoms with Crippen LogP contribution in [0, 0.1) is 11.3 Å². The number of nitrogens with one attached hydrogen (secondary N) is 1. The van der Waals surface area contributed by atoms with E-state index < -0.39 is 11.0 Å². The highest BCUT2D eigenvalue weighted by molar-refractivity contribution is 9.10. The zero-order valence-corrected chi connectivity index (χ0v) is 14.2. The van der Waals surface area contributed by atoms with Gasteiger partial charge in [-0.05, 0) is 28.4 Å². The van der Waals surface area contributed by atoms with Crippen LogP contribution in [0.1, 0.15) is 20.3 Å². The van der Waals surface area contributed by atoms with E-state index >= 15 is 0 Å². The van der Waals surface area contributed by atoms with Gasteiger partial charge in [-0.25, -0.2) is 4.98 Å². The molecule has 3 atom stereocenters. The number of aromatic nitrogens is 1. The standard InChI is InChI=1S/C14H17BrClN3O2/c1-13(2)10-8(3-4-21-10)14(13,17)12(20)19-9-5-7(15)6-18-11(9)16/h5-6,8,10H,3-4,17H2,1-2H3,(H,19,20). The summed E-state index contributed by atoms with van der Waals surface area (Å²) in [6.07, 6.45) is 2.43. The lowest BCUT2D eigenvalue weighted by Gasteiger charge is -2.60. The summed E-state index contributed by atoms with van der Waals surface area (Å²) in [5.74, 6) is -0.188. The normalized spacial score (nSPS) is 33.2. The number of nitrogens with zero attached hydrogens (tertiary/aromatic N) is 1. The molecule has 7 heteroatoms. The first kappa shape index (κ1) is 15.2. The van der Waals surface area contributed by atoms with Crippen LogP contribution in [0.5, 0.6) is 0 Å². The Morgan fingerprint density at radius 2 is 2.33 bits per heavy atom. The van der Waals surface area contributed by atoms with E-state index in [1.54, 1.807) is 12.3 Å². The van der Waals surface area contributed by atoms with Crippen molar-refractivity contribution >= 4 is 39.1 Å². The summed E-state index contributed by atoms with van der Waals surface area (Å²) in [6.45, 7) is 4.60. The van der Waals surface area contributed by atoms with Crippen LogP contribution < -0.4 is 11.1 Å². The highest BCUT2D eigenvalue weighted by atomic mass is 79.9. The maximum absolute atomic E-state index is 12.7. The van der Waals surface area contributed by atoms with Gasteiger partial charge in [0.2, 0.25) is 5.91 Å². The van der Waals surface area contributed by atoms with E-state index in [1.807, 2.05) is 13.8 Å². The van der Waals surface area contributed by atoms with Crippen molar-refractivity contribution in [2.75, 3.05) is 11.9 Å². The fourth-order valence-corrected chi connectivity index (χ4v) is 4.06. The molecule has 3 N–H and O–H groups in total. The van der Waals surface area contributed by atoms with E-state index in [4.69, 9.17) is 22.1 Å². The van der Waals surface area contributed by atoms with Crippen molar-refractivity contribution in [1.29, 1.82) is 0 Å². The number of hydrogen-bond acceptors (Lipinski definition) is 4. The van der Waals surface area contributed by atoms with Gasteiger partial charge in [0.1, 0.15) is 5.54 Å². The van der Waals surface area contributed by atoms with Crippen LogP contribution in [0.3, 0.4) is 0 Å². The highest BCUT2D eigenvalue weighted by Gasteiger charge is 2.71. The lowest BCUT2D eigenvalue weighted by molar-refractivity contribution is -0.170. The molecule has 1 aliphatic carbocycles. The second-order valence-electron chi connectivity index (χ2n) is 6.22. The summed E-state index contributed by atoms with van der Waals surface area (Å²) in [6, 6.07) is 1.71. The summed E-state index contributed by atoms with van der Waals surface area (Å²) in [4.78, 5) is 16.7. The number of hydrogen-bond donors (Lipinski definition) is 2. The largest absolute Gasteiger partial charge is 0.377 e. The van der Waals surface area contributed by atoms with E-state index in [0.29, 0.717) is 12.3 Å². The third-order valence-corrected chi connectivity index (χ3v) is 5.62. The highest BCUT2D eigenvalue weighted by Crippen LogP contribution is 2.58. The summed E-state index contributed by atoms with van der Waals surface area (Å²) in [7, 11) is 0. The summed E-state index contributed by atoms with van der Waals surface area (Å²) < 4.78 is 6.44. The molecular formula is C14H17BrClN3O2. The van der Waals surface area contributed by atoms with Crippen LogP contribution in [-0.2, 0) is 9.53 Å². The maximum Gasteiger partial charge on any atom is 0.245 e. The molecule has 1 saturated carbocycles. The van der Waals surface area contributed by atoms with Gasteiger partial charge in [0.25, 0.3) is 0 Å². The Labute approximate surface area is 136 Å². The van der Waals surface area contributed by atoms with Crippen LogP contribution in [-0.4, -0.2) is 29.1 Å². The van der Waals surface area contributed by atoms with Crippen molar-refractivity contribution in [3.05, 3.63) is 21.9 Å². The first-order valence-electron chi connectivity index (χ1n) is 6.81. The van der Waals surface area contributed by atoms with E-state index in [-0.39, 0.29) is 23.1 Å². The molecule has 3 rings (SSSR count). The summed E-state index contributed by atoms with van der Waals surface area (Å²) in [5, 5.41) is 3.06. The Balaban J connectivity index is 1.87. The van der Waals surface area contributed by atoms with Gasteiger partial charge in [0.05, 0.1) is 11.8 Å². The number of ether oxygens (including phenoxy) is 1. The maximum atomic E-state index is 12.7. The van der Waals surface area contributed by atoms with Crippen molar-refractivity contribution in [1.82, 2.24) is 4.98 Å². The molecule has 1 amide bonds. The van der Waals surface area contributed by atoms with E-state index in [0.717, 1.165) is 10.9 Å². The number of carbonyl (C=O) groups is 1. The average molecular weight is 375 g/mol. The quantitative estimate of drug-likeness (QED) is 0.780. The number of amides is 1. The fourth-order valence-electron chi connectivity index (χ4n) is 3.58. The molecule has 0 radical (unpaired) electrons. The molecule has 0 bridgehead atoms. The third kappa shape index (κ3) is 2.04. The van der Waals surface area contributed by atoms with Gasteiger partial charge in [0, 0.05) is 28.6 Å². The Bertz CT molecular complexity index is 610. The molecule has 5 nitrogen and oxygen atoms in total. The number of carbonyl (C=O) groups excluding carboxylic acids is 1. The van der Waals surface area contributed by atoms with E-state index in [2.05, 4.69) is 26.2 Å². The molecule has 1 aromatic rings. The van der Waals surface area contributed by atoms with Crippen molar-refractivity contribution < 1.29 is 9.53 Å². The minimum Gasteiger partial charge on any atom is -0.377 e. The van der Waals surface area contributed by atoms with E-state index in [1.165, 1.54) is 0 Å². The fraction of sp³-hybridized carbons (Fsp3) is 0.571. The lowest BCUT2D eigenvalue weighted by Crippen LogP contribution is -2.79. The predicted octanol–water partition coefficient (Wildman–Crippen LogP) is 2.58. The molecule has 2 aliphatic rings. The molecule has 1 saturated heterocycles. The Hall–Kier alpha value is -0.690. The first-order chi connectivity index (χ1) is 9.78. The second kappa shape index (κ2) is 4.91. The summed E-state index contributed by atoms with van der Waals surface area (Å²) in [5.41, 5.74) is 5.56. The monoisotopic (exact) mass is 373 g/mol. The van der Waals surface area contributed by atoms with Crippen molar-refractivity contribution in [2.24, 2.45) is 17.1 Å². The van der Waals surface area contributed by atoms with Gasteiger partial charge in [-0.15, -0.1) is 0 Å². The zero-order chi connectivity index (χ0) is 15.4. The zero-order valence-electron chi connectivity index (χ0n) is 11.8. The van der Waals surface area contributed by atoms with Crippen LogP contribution in [0.15, 0.2) is 16.7 Å². The van der Waals surface area contributed by atoms with E-state index in [9.17, 15) is 4.79 Å². The van der Waals surface area contributed by atoms with Gasteiger partial charge in [-0.2, -0.15) is 0 Å². The number of pyridine rings is 1. The van der Waals surface area contributed by atoms with Gasteiger partial charge in [-0.3, -0.25) is 4.79 Å². The Morgan fingerprint density at radius 3 is 3.05 bits per heavy atom. The molecule has 21 heavy (non-hydrogen) atoms. The number of halogens is 2. The summed E-state index contributed by atoms with van der Waals surface area (Å²) >= 11 is 9.33. The van der Waals surface area contributed by atoms with Gasteiger partial charge in [0.15, 0.2) is 5.15 Å². The average Bonchev–Trinajstić information content (AvgIpc) is 2.90. The van der Waals surface area contributed by atoms with Crippen molar-refractivity contribution in [3.63, 3.8) is 0 Å².